The van der Waals surface area contributed by atoms with Gasteiger partial charge in [0.15, 0.2) is 0 Å². The van der Waals surface area contributed by atoms with E-state index >= 15 is 0 Å². The summed E-state index contributed by atoms with van der Waals surface area (Å²) >= 11 is 1.58. The first-order valence-electron chi connectivity index (χ1n) is 12.6. The summed E-state index contributed by atoms with van der Waals surface area (Å²) in [7, 11) is 0. The third-order valence-corrected chi connectivity index (χ3v) is 7.77. The van der Waals surface area contributed by atoms with Crippen LogP contribution in [0.1, 0.15) is 49.7 Å². The Labute approximate surface area is 212 Å². The molecule has 0 atom stereocenters. The van der Waals surface area contributed by atoms with Crippen molar-refractivity contribution in [2.45, 2.75) is 50.6 Å². The van der Waals surface area contributed by atoms with Crippen LogP contribution in [0, 0.1) is 0 Å². The quantitative estimate of drug-likeness (QED) is 0.513. The van der Waals surface area contributed by atoms with Crippen molar-refractivity contribution in [2.75, 3.05) is 31.1 Å². The minimum Gasteiger partial charge on any atom is -0.354 e. The molecule has 1 aliphatic heterocycles. The fourth-order valence-electron chi connectivity index (χ4n) is 4.89. The van der Waals surface area contributed by atoms with E-state index in [1.807, 2.05) is 65.6 Å². The van der Waals surface area contributed by atoms with Gasteiger partial charge < -0.3 is 15.1 Å². The molecule has 186 valence electrons. The largest absolute Gasteiger partial charge is 0.354 e. The molecule has 0 unspecified atom stereocenters. The van der Waals surface area contributed by atoms with Crippen LogP contribution in [0.25, 0.3) is 0 Å². The van der Waals surface area contributed by atoms with Crippen molar-refractivity contribution in [1.29, 1.82) is 0 Å². The van der Waals surface area contributed by atoms with E-state index in [1.54, 1.807) is 18.7 Å². The molecule has 1 N–H and O–H groups in total. The van der Waals surface area contributed by atoms with Gasteiger partial charge in [0.2, 0.25) is 17.7 Å². The Kier molecular flexibility index (Phi) is 8.85. The van der Waals surface area contributed by atoms with Gasteiger partial charge in [0.25, 0.3) is 0 Å². The topological polar surface area (TPSA) is 69.7 Å². The summed E-state index contributed by atoms with van der Waals surface area (Å²) in [4.78, 5) is 41.8. The molecule has 1 aliphatic carbocycles. The van der Waals surface area contributed by atoms with E-state index < -0.39 is 0 Å². The van der Waals surface area contributed by atoms with Crippen molar-refractivity contribution < 1.29 is 14.4 Å². The number of thioether (sulfide) groups is 1. The fraction of sp³-hybridized carbons (Fsp3) is 0.464. The number of rotatable bonds is 10. The number of piperidine rings is 1. The van der Waals surface area contributed by atoms with Crippen LogP contribution < -0.4 is 5.32 Å². The lowest BCUT2D eigenvalue weighted by Crippen LogP contribution is -2.49. The van der Waals surface area contributed by atoms with Crippen LogP contribution in [0.2, 0.25) is 0 Å². The molecule has 7 heteroatoms. The minimum atomic E-state index is -0.352. The molecular formula is C28H35N3O3S. The predicted octanol–water partition coefficient (Wildman–Crippen LogP) is 3.67. The van der Waals surface area contributed by atoms with Crippen LogP contribution in [-0.4, -0.2) is 70.7 Å². The van der Waals surface area contributed by atoms with E-state index in [-0.39, 0.29) is 29.7 Å². The maximum atomic E-state index is 13.1. The van der Waals surface area contributed by atoms with Crippen molar-refractivity contribution in [3.05, 3.63) is 71.8 Å². The molecule has 0 bridgehead atoms. The molecule has 35 heavy (non-hydrogen) atoms. The SMILES string of the molecule is CC(=O)N1CCC(N(C(=O)CSCCNC(=O)C(c2ccccc2)c2ccccc2)C2CC2)CC1. The first-order chi connectivity index (χ1) is 17.0. The number of carbonyl (C=O) groups excluding carboxylic acids is 3. The Hall–Kier alpha value is -2.80. The molecule has 2 fully saturated rings. The number of carbonyl (C=O) groups is 3. The summed E-state index contributed by atoms with van der Waals surface area (Å²) in [5.74, 6) is 1.06. The van der Waals surface area contributed by atoms with Crippen molar-refractivity contribution in [2.24, 2.45) is 0 Å². The Bertz CT molecular complexity index is 950. The summed E-state index contributed by atoms with van der Waals surface area (Å²) in [5.41, 5.74) is 1.94. The number of nitrogens with one attached hydrogen (secondary N) is 1. The van der Waals surface area contributed by atoms with E-state index in [9.17, 15) is 14.4 Å². The maximum absolute atomic E-state index is 13.1. The second-order valence-electron chi connectivity index (χ2n) is 9.37. The Morgan fingerprint density at radius 3 is 1.97 bits per heavy atom. The van der Waals surface area contributed by atoms with Gasteiger partial charge in [0.05, 0.1) is 11.7 Å². The number of benzene rings is 2. The van der Waals surface area contributed by atoms with Crippen LogP contribution in [0.4, 0.5) is 0 Å². The van der Waals surface area contributed by atoms with Gasteiger partial charge >= 0.3 is 0 Å². The smallest absolute Gasteiger partial charge is 0.233 e. The van der Waals surface area contributed by atoms with Gasteiger partial charge in [-0.15, -0.1) is 0 Å². The molecule has 3 amide bonds. The third-order valence-electron chi connectivity index (χ3n) is 6.83. The van der Waals surface area contributed by atoms with Gasteiger partial charge in [-0.25, -0.2) is 0 Å². The number of hydrogen-bond acceptors (Lipinski definition) is 4. The number of likely N-dealkylation sites (tertiary alicyclic amines) is 1. The highest BCUT2D eigenvalue weighted by molar-refractivity contribution is 7.99. The lowest BCUT2D eigenvalue weighted by atomic mass is 9.90. The third kappa shape index (κ3) is 6.88. The van der Waals surface area contributed by atoms with Gasteiger partial charge in [-0.05, 0) is 36.8 Å². The number of nitrogens with zero attached hydrogens (tertiary/aromatic N) is 2. The standard InChI is InChI=1S/C28H35N3O3S/c1-21(32)30-17-14-25(15-18-30)31(24-12-13-24)26(33)20-35-19-16-29-28(34)27(22-8-4-2-5-9-22)23-10-6-3-7-11-23/h2-11,24-25,27H,12-20H2,1H3,(H,29,34). The number of amides is 3. The van der Waals surface area contributed by atoms with Gasteiger partial charge in [-0.3, -0.25) is 14.4 Å². The van der Waals surface area contributed by atoms with Crippen LogP contribution in [0.5, 0.6) is 0 Å². The van der Waals surface area contributed by atoms with E-state index in [4.69, 9.17) is 0 Å². The van der Waals surface area contributed by atoms with Crippen molar-refractivity contribution in [3.63, 3.8) is 0 Å². The first kappa shape index (κ1) is 25.3. The highest BCUT2D eigenvalue weighted by Gasteiger charge is 2.38. The van der Waals surface area contributed by atoms with E-state index in [0.29, 0.717) is 24.1 Å². The zero-order valence-electron chi connectivity index (χ0n) is 20.4. The van der Waals surface area contributed by atoms with Crippen LogP contribution >= 0.6 is 11.8 Å². The predicted molar refractivity (Wildman–Crippen MR) is 140 cm³/mol. The molecule has 2 aromatic carbocycles. The fourth-order valence-corrected chi connectivity index (χ4v) is 5.60. The van der Waals surface area contributed by atoms with E-state index in [2.05, 4.69) is 10.2 Å². The summed E-state index contributed by atoms with van der Waals surface area (Å²) in [6.45, 7) is 3.61. The van der Waals surface area contributed by atoms with Crippen LogP contribution in [0.3, 0.4) is 0 Å². The second kappa shape index (κ2) is 12.2. The van der Waals surface area contributed by atoms with E-state index in [1.165, 1.54) is 0 Å². The number of hydrogen-bond donors (Lipinski definition) is 1. The lowest BCUT2D eigenvalue weighted by Gasteiger charge is -2.38. The Balaban J connectivity index is 1.25. The molecular weight excluding hydrogens is 458 g/mol. The molecule has 0 spiro atoms. The monoisotopic (exact) mass is 493 g/mol. The summed E-state index contributed by atoms with van der Waals surface area (Å²) in [6.07, 6.45) is 3.89. The summed E-state index contributed by atoms with van der Waals surface area (Å²) in [5, 5.41) is 3.07. The molecule has 0 radical (unpaired) electrons. The zero-order valence-corrected chi connectivity index (χ0v) is 21.2. The van der Waals surface area contributed by atoms with Gasteiger partial charge in [0.1, 0.15) is 0 Å². The Morgan fingerprint density at radius 1 is 0.914 bits per heavy atom. The van der Waals surface area contributed by atoms with Crippen LogP contribution in [-0.2, 0) is 14.4 Å². The van der Waals surface area contributed by atoms with Crippen molar-refractivity contribution >= 4 is 29.5 Å². The molecule has 1 saturated heterocycles. The zero-order chi connectivity index (χ0) is 24.6. The maximum Gasteiger partial charge on any atom is 0.233 e. The molecule has 2 aliphatic rings. The van der Waals surface area contributed by atoms with Crippen molar-refractivity contribution in [1.82, 2.24) is 15.1 Å². The van der Waals surface area contributed by atoms with Gasteiger partial charge in [-0.1, -0.05) is 60.7 Å². The molecule has 2 aromatic rings. The minimum absolute atomic E-state index is 0.0221. The average molecular weight is 494 g/mol. The highest BCUT2D eigenvalue weighted by Crippen LogP contribution is 2.32. The molecule has 6 nitrogen and oxygen atoms in total. The van der Waals surface area contributed by atoms with Crippen molar-refractivity contribution in [3.8, 4) is 0 Å². The second-order valence-corrected chi connectivity index (χ2v) is 10.5. The molecule has 0 aromatic heterocycles. The van der Waals surface area contributed by atoms with Gasteiger partial charge in [0, 0.05) is 44.4 Å². The summed E-state index contributed by atoms with van der Waals surface area (Å²) in [6, 6.07) is 20.3. The normalized spacial score (nSPS) is 16.2. The van der Waals surface area contributed by atoms with Crippen LogP contribution in [0.15, 0.2) is 60.7 Å². The average Bonchev–Trinajstić information content (AvgIpc) is 3.71. The van der Waals surface area contributed by atoms with Gasteiger partial charge in [-0.2, -0.15) is 11.8 Å². The first-order valence-corrected chi connectivity index (χ1v) is 13.7. The molecule has 1 saturated carbocycles. The molecule has 4 rings (SSSR count). The molecule has 1 heterocycles. The van der Waals surface area contributed by atoms with E-state index in [0.717, 1.165) is 49.9 Å². The lowest BCUT2D eigenvalue weighted by molar-refractivity contribution is -0.134. The Morgan fingerprint density at radius 2 is 1.46 bits per heavy atom. The summed E-state index contributed by atoms with van der Waals surface area (Å²) < 4.78 is 0. The highest BCUT2D eigenvalue weighted by atomic mass is 32.2.